The van der Waals surface area contributed by atoms with E-state index in [1.54, 1.807) is 0 Å². The van der Waals surface area contributed by atoms with Crippen molar-refractivity contribution in [3.05, 3.63) is 0 Å². The Morgan fingerprint density at radius 1 is 1.47 bits per heavy atom. The Morgan fingerprint density at radius 3 is 2.53 bits per heavy atom. The van der Waals surface area contributed by atoms with E-state index in [9.17, 15) is 9.90 Å². The monoisotopic (exact) mass is 270 g/mol. The molecule has 112 valence electrons. The van der Waals surface area contributed by atoms with Gasteiger partial charge in [-0.1, -0.05) is 19.8 Å². The van der Waals surface area contributed by atoms with Crippen LogP contribution in [0.25, 0.3) is 0 Å². The Kier molecular flexibility index (Phi) is 6.27. The average Bonchev–Trinajstić information content (AvgIpc) is 2.88. The topological polar surface area (TPSA) is 52.6 Å². The van der Waals surface area contributed by atoms with Crippen molar-refractivity contribution >= 4 is 5.97 Å². The predicted octanol–water partition coefficient (Wildman–Crippen LogP) is 2.48. The van der Waals surface area contributed by atoms with Gasteiger partial charge in [0, 0.05) is 12.1 Å². The molecule has 0 aromatic heterocycles. The third-order valence-corrected chi connectivity index (χ3v) is 4.54. The normalized spacial score (nSPS) is 21.5. The minimum Gasteiger partial charge on any atom is -0.480 e. The molecule has 0 heterocycles. The fraction of sp³-hybridized carbons (Fsp3) is 0.933. The zero-order valence-electron chi connectivity index (χ0n) is 12.9. The lowest BCUT2D eigenvalue weighted by Crippen LogP contribution is -2.54. The lowest BCUT2D eigenvalue weighted by Gasteiger charge is -2.36. The fourth-order valence-electron chi connectivity index (χ4n) is 3.04. The molecule has 2 atom stereocenters. The quantitative estimate of drug-likeness (QED) is 0.711. The van der Waals surface area contributed by atoms with Crippen LogP contribution in [0.2, 0.25) is 0 Å². The van der Waals surface area contributed by atoms with Crippen molar-refractivity contribution in [1.29, 1.82) is 0 Å². The first-order chi connectivity index (χ1) is 8.90. The van der Waals surface area contributed by atoms with Crippen LogP contribution in [0.15, 0.2) is 0 Å². The molecule has 2 unspecified atom stereocenters. The number of rotatable bonds is 8. The Hall–Kier alpha value is -0.610. The van der Waals surface area contributed by atoms with Gasteiger partial charge < -0.3 is 15.3 Å². The molecular formula is C15H30N2O2. The van der Waals surface area contributed by atoms with Gasteiger partial charge in [-0.05, 0) is 53.1 Å². The van der Waals surface area contributed by atoms with Crippen molar-refractivity contribution < 1.29 is 9.90 Å². The van der Waals surface area contributed by atoms with Crippen molar-refractivity contribution in [1.82, 2.24) is 10.2 Å². The molecule has 1 aliphatic rings. The molecule has 1 saturated carbocycles. The molecule has 0 saturated heterocycles. The summed E-state index contributed by atoms with van der Waals surface area (Å²) in [5.74, 6) is -0.743. The number of nitrogens with one attached hydrogen (secondary N) is 1. The number of nitrogens with zero attached hydrogens (tertiary/aromatic N) is 1. The molecule has 19 heavy (non-hydrogen) atoms. The lowest BCUT2D eigenvalue weighted by molar-refractivity contribution is -0.145. The van der Waals surface area contributed by atoms with E-state index < -0.39 is 11.5 Å². The summed E-state index contributed by atoms with van der Waals surface area (Å²) < 4.78 is 0. The van der Waals surface area contributed by atoms with Gasteiger partial charge in [0.2, 0.25) is 0 Å². The summed E-state index contributed by atoms with van der Waals surface area (Å²) in [5, 5.41) is 12.7. The first kappa shape index (κ1) is 16.4. The largest absolute Gasteiger partial charge is 0.480 e. The van der Waals surface area contributed by atoms with Crippen molar-refractivity contribution in [3.8, 4) is 0 Å². The maximum atomic E-state index is 11.5. The van der Waals surface area contributed by atoms with Crippen molar-refractivity contribution in [2.75, 3.05) is 13.6 Å². The zero-order valence-corrected chi connectivity index (χ0v) is 12.9. The molecular weight excluding hydrogens is 240 g/mol. The van der Waals surface area contributed by atoms with Gasteiger partial charge >= 0.3 is 5.97 Å². The van der Waals surface area contributed by atoms with Gasteiger partial charge in [0.05, 0.1) is 0 Å². The number of aliphatic carboxylic acids is 1. The summed E-state index contributed by atoms with van der Waals surface area (Å²) in [4.78, 5) is 13.9. The first-order valence-electron chi connectivity index (χ1n) is 7.61. The Balaban J connectivity index is 2.59. The molecule has 1 fully saturated rings. The number of hydrogen-bond donors (Lipinski definition) is 2. The second kappa shape index (κ2) is 7.25. The van der Waals surface area contributed by atoms with Crippen molar-refractivity contribution in [2.24, 2.45) is 0 Å². The van der Waals surface area contributed by atoms with Crippen LogP contribution in [-0.2, 0) is 4.79 Å². The van der Waals surface area contributed by atoms with Crippen LogP contribution in [0.5, 0.6) is 0 Å². The molecule has 0 radical (unpaired) electrons. The van der Waals surface area contributed by atoms with Crippen molar-refractivity contribution in [3.63, 3.8) is 0 Å². The predicted molar refractivity (Wildman–Crippen MR) is 78.4 cm³/mol. The number of carboxylic acid groups (broad SMARTS) is 1. The SMILES string of the molecule is CCCNC(C)(CC(C)N(C)C1CCCC1)C(=O)O. The van der Waals surface area contributed by atoms with Crippen LogP contribution in [0, 0.1) is 0 Å². The van der Waals surface area contributed by atoms with E-state index in [-0.39, 0.29) is 6.04 Å². The summed E-state index contributed by atoms with van der Waals surface area (Å²) in [6.45, 7) is 6.77. The molecule has 0 aromatic carbocycles. The smallest absolute Gasteiger partial charge is 0.323 e. The highest BCUT2D eigenvalue weighted by Gasteiger charge is 2.36. The van der Waals surface area contributed by atoms with E-state index in [4.69, 9.17) is 0 Å². The highest BCUT2D eigenvalue weighted by Crippen LogP contribution is 2.26. The van der Waals surface area contributed by atoms with Gasteiger partial charge in [0.1, 0.15) is 5.54 Å². The average molecular weight is 270 g/mol. The minimum atomic E-state index is -0.817. The highest BCUT2D eigenvalue weighted by molar-refractivity contribution is 5.78. The van der Waals surface area contributed by atoms with E-state index in [1.807, 2.05) is 6.92 Å². The molecule has 1 aliphatic carbocycles. The number of carboxylic acids is 1. The van der Waals surface area contributed by atoms with Gasteiger partial charge in [0.15, 0.2) is 0 Å². The Labute approximate surface area is 117 Å². The second-order valence-corrected chi connectivity index (χ2v) is 6.22. The summed E-state index contributed by atoms with van der Waals surface area (Å²) in [5.41, 5.74) is -0.817. The van der Waals surface area contributed by atoms with Crippen LogP contribution < -0.4 is 5.32 Å². The van der Waals surface area contributed by atoms with E-state index in [1.165, 1.54) is 25.7 Å². The van der Waals surface area contributed by atoms with Gasteiger partial charge in [-0.15, -0.1) is 0 Å². The highest BCUT2D eigenvalue weighted by atomic mass is 16.4. The van der Waals surface area contributed by atoms with Gasteiger partial charge in [0.25, 0.3) is 0 Å². The van der Waals surface area contributed by atoms with E-state index in [0.29, 0.717) is 12.5 Å². The molecule has 0 aromatic rings. The summed E-state index contributed by atoms with van der Waals surface area (Å²) >= 11 is 0. The zero-order chi connectivity index (χ0) is 14.5. The Bertz CT molecular complexity index is 290. The van der Waals surface area contributed by atoms with Gasteiger partial charge in [-0.2, -0.15) is 0 Å². The Morgan fingerprint density at radius 2 is 2.05 bits per heavy atom. The van der Waals surface area contributed by atoms with E-state index in [2.05, 4.69) is 31.1 Å². The van der Waals surface area contributed by atoms with Crippen LogP contribution in [-0.4, -0.2) is 47.2 Å². The van der Waals surface area contributed by atoms with Crippen LogP contribution in [0.1, 0.15) is 59.3 Å². The molecule has 0 amide bonds. The van der Waals surface area contributed by atoms with Crippen LogP contribution in [0.4, 0.5) is 0 Å². The fourth-order valence-corrected chi connectivity index (χ4v) is 3.04. The first-order valence-corrected chi connectivity index (χ1v) is 7.61. The molecule has 4 nitrogen and oxygen atoms in total. The second-order valence-electron chi connectivity index (χ2n) is 6.22. The molecule has 1 rings (SSSR count). The number of hydrogen-bond acceptors (Lipinski definition) is 3. The van der Waals surface area contributed by atoms with E-state index in [0.717, 1.165) is 13.0 Å². The summed E-state index contributed by atoms with van der Waals surface area (Å²) in [6.07, 6.45) is 6.74. The summed E-state index contributed by atoms with van der Waals surface area (Å²) in [7, 11) is 2.14. The maximum Gasteiger partial charge on any atom is 0.323 e. The standard InChI is InChI=1S/C15H30N2O2/c1-5-10-16-15(3,14(18)19)11-12(2)17(4)13-8-6-7-9-13/h12-13,16H,5-11H2,1-4H3,(H,18,19). The number of carbonyl (C=O) groups is 1. The third-order valence-electron chi connectivity index (χ3n) is 4.54. The van der Waals surface area contributed by atoms with Gasteiger partial charge in [-0.3, -0.25) is 4.79 Å². The molecule has 2 N–H and O–H groups in total. The molecule has 0 spiro atoms. The molecule has 0 bridgehead atoms. The lowest BCUT2D eigenvalue weighted by atomic mass is 9.92. The van der Waals surface area contributed by atoms with Crippen LogP contribution in [0.3, 0.4) is 0 Å². The van der Waals surface area contributed by atoms with Gasteiger partial charge in [-0.25, -0.2) is 0 Å². The summed E-state index contributed by atoms with van der Waals surface area (Å²) in [6, 6.07) is 0.924. The molecule has 4 heteroatoms. The molecule has 0 aliphatic heterocycles. The van der Waals surface area contributed by atoms with Crippen molar-refractivity contribution in [2.45, 2.75) is 76.9 Å². The maximum absolute atomic E-state index is 11.5. The van der Waals surface area contributed by atoms with E-state index >= 15 is 0 Å². The third kappa shape index (κ3) is 4.46. The van der Waals surface area contributed by atoms with Crippen LogP contribution >= 0.6 is 0 Å². The minimum absolute atomic E-state index is 0.286.